The highest BCUT2D eigenvalue weighted by Gasteiger charge is 1.92. The lowest BCUT2D eigenvalue weighted by molar-refractivity contribution is 0.594. The molecule has 0 bridgehead atoms. The van der Waals surface area contributed by atoms with Crippen LogP contribution in [0.5, 0.6) is 0 Å². The van der Waals surface area contributed by atoms with Crippen LogP contribution in [0.2, 0.25) is 0 Å². The van der Waals surface area contributed by atoms with Crippen LogP contribution in [-0.2, 0) is 6.42 Å². The first-order chi connectivity index (χ1) is 7.68. The second-order valence-electron chi connectivity index (χ2n) is 4.20. The number of hydrogen-bond donors (Lipinski definition) is 1. The molecule has 0 spiro atoms. The average Bonchev–Trinajstić information content (AvgIpc) is 2.23. The van der Waals surface area contributed by atoms with Crippen LogP contribution in [0.1, 0.15) is 25.8 Å². The predicted molar refractivity (Wildman–Crippen MR) is 67.0 cm³/mol. The van der Waals surface area contributed by atoms with Crippen LogP contribution in [-0.4, -0.2) is 12.6 Å². The summed E-state index contributed by atoms with van der Waals surface area (Å²) in [6, 6.07) is 7.28. The van der Waals surface area contributed by atoms with Gasteiger partial charge < -0.3 is 5.32 Å². The van der Waals surface area contributed by atoms with Crippen molar-refractivity contribution in [2.45, 2.75) is 32.7 Å². The van der Waals surface area contributed by atoms with Gasteiger partial charge >= 0.3 is 0 Å². The Balaban J connectivity index is 2.21. The summed E-state index contributed by atoms with van der Waals surface area (Å²) in [6.07, 6.45) is 6.06. The molecule has 16 heavy (non-hydrogen) atoms. The van der Waals surface area contributed by atoms with Crippen molar-refractivity contribution in [1.29, 1.82) is 0 Å². The molecule has 0 atom stereocenters. The van der Waals surface area contributed by atoms with Gasteiger partial charge in [0.25, 0.3) is 0 Å². The molecule has 0 amide bonds. The normalized spacial score (nSPS) is 11.5. The summed E-state index contributed by atoms with van der Waals surface area (Å²) in [6.45, 7) is 5.27. The largest absolute Gasteiger partial charge is 0.314 e. The van der Waals surface area contributed by atoms with E-state index in [0.29, 0.717) is 6.04 Å². The van der Waals surface area contributed by atoms with Crippen molar-refractivity contribution in [1.82, 2.24) is 5.32 Å². The van der Waals surface area contributed by atoms with Crippen LogP contribution in [0.3, 0.4) is 0 Å². The first-order valence-corrected chi connectivity index (χ1v) is 5.81. The lowest BCUT2D eigenvalue weighted by Gasteiger charge is -2.04. The molecular weight excluding hydrogens is 201 g/mol. The topological polar surface area (TPSA) is 12.0 Å². The first-order valence-electron chi connectivity index (χ1n) is 5.81. The van der Waals surface area contributed by atoms with Crippen molar-refractivity contribution < 1.29 is 4.39 Å². The van der Waals surface area contributed by atoms with Crippen molar-refractivity contribution in [3.05, 3.63) is 47.8 Å². The molecule has 2 heteroatoms. The molecule has 88 valence electrons. The molecule has 0 aliphatic heterocycles. The molecule has 1 rings (SSSR count). The van der Waals surface area contributed by atoms with E-state index in [1.807, 2.05) is 6.07 Å². The van der Waals surface area contributed by atoms with Gasteiger partial charge in [0.15, 0.2) is 0 Å². The monoisotopic (exact) mass is 221 g/mol. The lowest BCUT2D eigenvalue weighted by Crippen LogP contribution is -2.23. The minimum absolute atomic E-state index is 0.160. The van der Waals surface area contributed by atoms with E-state index in [0.717, 1.165) is 24.9 Å². The maximum atomic E-state index is 12.9. The SMILES string of the molecule is CC(C)NCCC=CCc1cccc(F)c1. The summed E-state index contributed by atoms with van der Waals surface area (Å²) in [5.41, 5.74) is 1.02. The van der Waals surface area contributed by atoms with Gasteiger partial charge in [-0.25, -0.2) is 4.39 Å². The molecule has 1 nitrogen and oxygen atoms in total. The molecule has 0 aliphatic rings. The second-order valence-corrected chi connectivity index (χ2v) is 4.20. The standard InChI is InChI=1S/C14H20FN/c1-12(2)16-10-5-3-4-7-13-8-6-9-14(15)11-13/h3-4,6,8-9,11-12,16H,5,7,10H2,1-2H3. The molecule has 0 saturated carbocycles. The third kappa shape index (κ3) is 5.66. The number of benzene rings is 1. The van der Waals surface area contributed by atoms with E-state index in [2.05, 4.69) is 31.3 Å². The van der Waals surface area contributed by atoms with E-state index < -0.39 is 0 Å². The second kappa shape index (κ2) is 7.18. The van der Waals surface area contributed by atoms with Gasteiger partial charge in [-0.3, -0.25) is 0 Å². The molecule has 0 unspecified atom stereocenters. The molecule has 1 N–H and O–H groups in total. The summed E-state index contributed by atoms with van der Waals surface area (Å²) in [7, 11) is 0. The Labute approximate surface area is 97.4 Å². The molecule has 0 radical (unpaired) electrons. The Morgan fingerprint density at radius 2 is 2.12 bits per heavy atom. The van der Waals surface area contributed by atoms with Gasteiger partial charge in [-0.05, 0) is 37.1 Å². The van der Waals surface area contributed by atoms with Crippen LogP contribution >= 0.6 is 0 Å². The highest BCUT2D eigenvalue weighted by atomic mass is 19.1. The van der Waals surface area contributed by atoms with Gasteiger partial charge in [0.1, 0.15) is 5.82 Å². The quantitative estimate of drug-likeness (QED) is 0.574. The zero-order valence-corrected chi connectivity index (χ0v) is 10.0. The zero-order valence-electron chi connectivity index (χ0n) is 10.0. The fourth-order valence-electron chi connectivity index (χ4n) is 1.46. The number of allylic oxidation sites excluding steroid dienone is 1. The van der Waals surface area contributed by atoms with Crippen molar-refractivity contribution in [3.8, 4) is 0 Å². The maximum absolute atomic E-state index is 12.9. The fraction of sp³-hybridized carbons (Fsp3) is 0.429. The van der Waals surface area contributed by atoms with Crippen molar-refractivity contribution >= 4 is 0 Å². The number of rotatable bonds is 6. The van der Waals surface area contributed by atoms with E-state index in [1.165, 1.54) is 6.07 Å². The molecule has 1 aromatic carbocycles. The van der Waals surface area contributed by atoms with Crippen molar-refractivity contribution in [2.24, 2.45) is 0 Å². The number of nitrogens with one attached hydrogen (secondary N) is 1. The minimum Gasteiger partial charge on any atom is -0.314 e. The average molecular weight is 221 g/mol. The van der Waals surface area contributed by atoms with Crippen LogP contribution in [0.15, 0.2) is 36.4 Å². The Hall–Kier alpha value is -1.15. The summed E-state index contributed by atoms with van der Waals surface area (Å²) >= 11 is 0. The van der Waals surface area contributed by atoms with Gasteiger partial charge in [0.2, 0.25) is 0 Å². The van der Waals surface area contributed by atoms with Crippen molar-refractivity contribution in [3.63, 3.8) is 0 Å². The van der Waals surface area contributed by atoms with E-state index in [1.54, 1.807) is 12.1 Å². The van der Waals surface area contributed by atoms with Gasteiger partial charge in [-0.15, -0.1) is 0 Å². The Morgan fingerprint density at radius 1 is 1.31 bits per heavy atom. The number of halogens is 1. The van der Waals surface area contributed by atoms with Gasteiger partial charge in [-0.2, -0.15) is 0 Å². The molecule has 0 aliphatic carbocycles. The van der Waals surface area contributed by atoms with E-state index in [-0.39, 0.29) is 5.82 Å². The first kappa shape index (κ1) is 12.9. The lowest BCUT2D eigenvalue weighted by atomic mass is 10.1. The van der Waals surface area contributed by atoms with Gasteiger partial charge in [0.05, 0.1) is 0 Å². The van der Waals surface area contributed by atoms with E-state index in [4.69, 9.17) is 0 Å². The third-order valence-corrected chi connectivity index (χ3v) is 2.27. The van der Waals surface area contributed by atoms with Crippen LogP contribution in [0.4, 0.5) is 4.39 Å². The summed E-state index contributed by atoms with van der Waals surface area (Å²) < 4.78 is 12.9. The van der Waals surface area contributed by atoms with Crippen molar-refractivity contribution in [2.75, 3.05) is 6.54 Å². The zero-order chi connectivity index (χ0) is 11.8. The molecular formula is C14H20FN. The smallest absolute Gasteiger partial charge is 0.123 e. The highest BCUT2D eigenvalue weighted by Crippen LogP contribution is 2.04. The summed E-state index contributed by atoms with van der Waals surface area (Å²) in [4.78, 5) is 0. The summed E-state index contributed by atoms with van der Waals surface area (Å²) in [5.74, 6) is -0.160. The van der Waals surface area contributed by atoms with Crippen LogP contribution in [0.25, 0.3) is 0 Å². The molecule has 1 aromatic rings. The Kier molecular flexibility index (Phi) is 5.79. The molecule has 0 saturated heterocycles. The van der Waals surface area contributed by atoms with Crippen LogP contribution in [0, 0.1) is 5.82 Å². The van der Waals surface area contributed by atoms with Gasteiger partial charge in [-0.1, -0.05) is 38.1 Å². The Morgan fingerprint density at radius 3 is 2.81 bits per heavy atom. The Bertz CT molecular complexity index is 331. The molecule has 0 fully saturated rings. The van der Waals surface area contributed by atoms with E-state index in [9.17, 15) is 4.39 Å². The van der Waals surface area contributed by atoms with Gasteiger partial charge in [0, 0.05) is 6.04 Å². The minimum atomic E-state index is -0.160. The molecule has 0 aromatic heterocycles. The predicted octanol–water partition coefficient (Wildman–Crippen LogP) is 3.31. The fourth-order valence-corrected chi connectivity index (χ4v) is 1.46. The van der Waals surface area contributed by atoms with E-state index >= 15 is 0 Å². The summed E-state index contributed by atoms with van der Waals surface area (Å²) in [5, 5.41) is 3.34. The molecule has 0 heterocycles. The third-order valence-electron chi connectivity index (χ3n) is 2.27. The highest BCUT2D eigenvalue weighted by molar-refractivity contribution is 5.18. The maximum Gasteiger partial charge on any atom is 0.123 e. The van der Waals surface area contributed by atoms with Crippen LogP contribution < -0.4 is 5.32 Å². The number of hydrogen-bond acceptors (Lipinski definition) is 1.